The van der Waals surface area contributed by atoms with E-state index in [1.54, 1.807) is 6.92 Å². The summed E-state index contributed by atoms with van der Waals surface area (Å²) in [6.07, 6.45) is 1.41. The van der Waals surface area contributed by atoms with Crippen molar-refractivity contribution in [1.82, 2.24) is 5.32 Å². The first-order valence-electron chi connectivity index (χ1n) is 2.99. The predicted molar refractivity (Wildman–Crippen MR) is 38.3 cm³/mol. The van der Waals surface area contributed by atoms with Gasteiger partial charge in [0.1, 0.15) is 0 Å². The van der Waals surface area contributed by atoms with E-state index in [-0.39, 0.29) is 11.7 Å². The van der Waals surface area contributed by atoms with Gasteiger partial charge in [0.25, 0.3) is 0 Å². The minimum absolute atomic E-state index is 0.0336. The lowest BCUT2D eigenvalue weighted by molar-refractivity contribution is -0.118. The molecule has 0 saturated heterocycles. The molecule has 0 atom stereocenters. The maximum absolute atomic E-state index is 10.5. The van der Waals surface area contributed by atoms with Crippen LogP contribution in [0, 0.1) is 0 Å². The van der Waals surface area contributed by atoms with Crippen molar-refractivity contribution in [3.63, 3.8) is 0 Å². The molecule has 0 fully saturated rings. The van der Waals surface area contributed by atoms with Crippen LogP contribution in [0.2, 0.25) is 0 Å². The molecule has 0 aliphatic heterocycles. The lowest BCUT2D eigenvalue weighted by Crippen LogP contribution is -2.13. The van der Waals surface area contributed by atoms with Crippen LogP contribution in [0.4, 0.5) is 0 Å². The first-order chi connectivity index (χ1) is 4.54. The lowest BCUT2D eigenvalue weighted by Gasteiger charge is -1.94. The Labute approximate surface area is 60.1 Å². The summed E-state index contributed by atoms with van der Waals surface area (Å²) in [5, 5.41) is 2.40. The van der Waals surface area contributed by atoms with Crippen molar-refractivity contribution in [2.45, 2.75) is 20.8 Å². The summed E-state index contributed by atoms with van der Waals surface area (Å²) >= 11 is 0. The van der Waals surface area contributed by atoms with Crippen molar-refractivity contribution in [3.05, 3.63) is 11.8 Å². The van der Waals surface area contributed by atoms with Crippen LogP contribution in [0.3, 0.4) is 0 Å². The first kappa shape index (κ1) is 8.88. The number of rotatable bonds is 2. The zero-order valence-corrected chi connectivity index (χ0v) is 6.39. The minimum Gasteiger partial charge on any atom is -0.333 e. The quantitative estimate of drug-likeness (QED) is 0.573. The van der Waals surface area contributed by atoms with Crippen molar-refractivity contribution < 1.29 is 9.59 Å². The van der Waals surface area contributed by atoms with Crippen LogP contribution < -0.4 is 5.32 Å². The number of hydrogen-bond acceptors (Lipinski definition) is 2. The molecule has 1 amide bonds. The third kappa shape index (κ3) is 3.83. The molecule has 0 aliphatic rings. The molecule has 56 valence electrons. The minimum atomic E-state index is -0.166. The van der Waals surface area contributed by atoms with E-state index in [2.05, 4.69) is 5.32 Å². The van der Waals surface area contributed by atoms with E-state index < -0.39 is 0 Å². The third-order valence-electron chi connectivity index (χ3n) is 1.05. The Balaban J connectivity index is 3.92. The number of carbonyl (C=O) groups is 2. The smallest absolute Gasteiger partial charge is 0.220 e. The molecule has 1 N–H and O–H groups in total. The van der Waals surface area contributed by atoms with E-state index in [1.807, 2.05) is 0 Å². The van der Waals surface area contributed by atoms with Gasteiger partial charge in [-0.3, -0.25) is 9.59 Å². The van der Waals surface area contributed by atoms with Gasteiger partial charge in [0.05, 0.1) is 0 Å². The number of nitrogens with one attached hydrogen (secondary N) is 1. The average molecular weight is 141 g/mol. The number of amides is 1. The van der Waals surface area contributed by atoms with Gasteiger partial charge in [-0.05, 0) is 13.8 Å². The molecule has 0 spiro atoms. The molecule has 0 aromatic heterocycles. The second-order valence-electron chi connectivity index (χ2n) is 2.08. The normalized spacial score (nSPS) is 10.9. The Hall–Kier alpha value is -1.12. The molecule has 10 heavy (non-hydrogen) atoms. The van der Waals surface area contributed by atoms with E-state index in [1.165, 1.54) is 20.0 Å². The van der Waals surface area contributed by atoms with Crippen LogP contribution in [0.1, 0.15) is 20.8 Å². The summed E-state index contributed by atoms with van der Waals surface area (Å²) in [5.41, 5.74) is 0.551. The summed E-state index contributed by atoms with van der Waals surface area (Å²) < 4.78 is 0. The second-order valence-corrected chi connectivity index (χ2v) is 2.08. The molecule has 0 unspecified atom stereocenters. The molecule has 0 saturated carbocycles. The number of ketones is 1. The van der Waals surface area contributed by atoms with Gasteiger partial charge in [-0.25, -0.2) is 0 Å². The van der Waals surface area contributed by atoms with E-state index in [4.69, 9.17) is 0 Å². The van der Waals surface area contributed by atoms with Crippen molar-refractivity contribution in [1.29, 1.82) is 0 Å². The van der Waals surface area contributed by atoms with Gasteiger partial charge in [0.15, 0.2) is 5.78 Å². The largest absolute Gasteiger partial charge is 0.333 e. The Morgan fingerprint density at radius 1 is 1.20 bits per heavy atom. The summed E-state index contributed by atoms with van der Waals surface area (Å²) in [5.74, 6) is -0.200. The number of carbonyl (C=O) groups excluding carboxylic acids is 2. The van der Waals surface area contributed by atoms with Gasteiger partial charge in [0.2, 0.25) is 5.91 Å². The standard InChI is InChI=1S/C7H11NO2/c1-5(6(2)9)4-8-7(3)10/h4H,1-3H3,(H,8,10)/b5-4-. The third-order valence-corrected chi connectivity index (χ3v) is 1.05. The van der Waals surface area contributed by atoms with Crippen LogP contribution in [-0.2, 0) is 9.59 Å². The topological polar surface area (TPSA) is 46.2 Å². The molecular formula is C7H11NO2. The fourth-order valence-electron chi connectivity index (χ4n) is 0.312. The maximum atomic E-state index is 10.5. The maximum Gasteiger partial charge on any atom is 0.220 e. The summed E-state index contributed by atoms with van der Waals surface area (Å²) in [6, 6.07) is 0. The highest BCUT2D eigenvalue weighted by Gasteiger charge is 1.94. The van der Waals surface area contributed by atoms with Crippen molar-refractivity contribution in [3.8, 4) is 0 Å². The molecule has 0 bridgehead atoms. The second kappa shape index (κ2) is 3.82. The lowest BCUT2D eigenvalue weighted by atomic mass is 10.2. The van der Waals surface area contributed by atoms with E-state index in [0.29, 0.717) is 5.57 Å². The van der Waals surface area contributed by atoms with Gasteiger partial charge >= 0.3 is 0 Å². The molecule has 0 aliphatic carbocycles. The molecule has 3 nitrogen and oxygen atoms in total. The molecule has 0 rings (SSSR count). The monoisotopic (exact) mass is 141 g/mol. The Bertz CT molecular complexity index is 182. The van der Waals surface area contributed by atoms with Gasteiger partial charge in [-0.15, -0.1) is 0 Å². The Kier molecular flexibility index (Phi) is 3.39. The van der Waals surface area contributed by atoms with Gasteiger partial charge in [-0.2, -0.15) is 0 Å². The average Bonchev–Trinajstić information content (AvgIpc) is 1.82. The van der Waals surface area contributed by atoms with Crippen molar-refractivity contribution in [2.24, 2.45) is 0 Å². The summed E-state index contributed by atoms with van der Waals surface area (Å²) in [7, 11) is 0. The Morgan fingerprint density at radius 2 is 1.70 bits per heavy atom. The molecule has 0 heterocycles. The zero-order chi connectivity index (χ0) is 8.15. The van der Waals surface area contributed by atoms with E-state index >= 15 is 0 Å². The fourth-order valence-corrected chi connectivity index (χ4v) is 0.312. The molecular weight excluding hydrogens is 130 g/mol. The summed E-state index contributed by atoms with van der Waals surface area (Å²) in [6.45, 7) is 4.50. The SMILES string of the molecule is CC(=O)N/C=C(/C)C(C)=O. The predicted octanol–water partition coefficient (Wildman–Crippen LogP) is 0.615. The fraction of sp³-hybridized carbons (Fsp3) is 0.429. The number of Topliss-reactive ketones (excluding diaryl/α,β-unsaturated/α-hetero) is 1. The number of allylic oxidation sites excluding steroid dienone is 1. The van der Waals surface area contributed by atoms with Crippen LogP contribution in [0.25, 0.3) is 0 Å². The van der Waals surface area contributed by atoms with E-state index in [9.17, 15) is 9.59 Å². The van der Waals surface area contributed by atoms with Crippen molar-refractivity contribution in [2.75, 3.05) is 0 Å². The Morgan fingerprint density at radius 3 is 2.00 bits per heavy atom. The van der Waals surface area contributed by atoms with Gasteiger partial charge in [0, 0.05) is 18.7 Å². The van der Waals surface area contributed by atoms with Crippen LogP contribution in [-0.4, -0.2) is 11.7 Å². The molecule has 0 aromatic carbocycles. The van der Waals surface area contributed by atoms with Crippen molar-refractivity contribution >= 4 is 11.7 Å². The summed E-state index contributed by atoms with van der Waals surface area (Å²) in [4.78, 5) is 20.8. The highest BCUT2D eigenvalue weighted by molar-refractivity contribution is 5.93. The van der Waals surface area contributed by atoms with Gasteiger partial charge in [-0.1, -0.05) is 0 Å². The van der Waals surface area contributed by atoms with Crippen LogP contribution in [0.5, 0.6) is 0 Å². The molecule has 0 radical (unpaired) electrons. The number of hydrogen-bond donors (Lipinski definition) is 1. The van der Waals surface area contributed by atoms with Gasteiger partial charge < -0.3 is 5.32 Å². The molecule has 3 heteroatoms. The highest BCUT2D eigenvalue weighted by Crippen LogP contribution is 1.89. The van der Waals surface area contributed by atoms with Crippen LogP contribution >= 0.6 is 0 Å². The highest BCUT2D eigenvalue weighted by atomic mass is 16.1. The zero-order valence-electron chi connectivity index (χ0n) is 6.39. The van der Waals surface area contributed by atoms with E-state index in [0.717, 1.165) is 0 Å². The molecule has 0 aromatic rings. The van der Waals surface area contributed by atoms with Crippen LogP contribution in [0.15, 0.2) is 11.8 Å². The first-order valence-corrected chi connectivity index (χ1v) is 2.99.